The van der Waals surface area contributed by atoms with E-state index in [0.29, 0.717) is 23.8 Å². The van der Waals surface area contributed by atoms with Gasteiger partial charge < -0.3 is 15.0 Å². The number of fused-ring (bicyclic) bond motifs is 1. The molecule has 0 fully saturated rings. The third-order valence-electron chi connectivity index (χ3n) is 6.62. The van der Waals surface area contributed by atoms with Crippen molar-refractivity contribution in [1.82, 2.24) is 24.0 Å². The zero-order chi connectivity index (χ0) is 25.7. The second kappa shape index (κ2) is 11.2. The van der Waals surface area contributed by atoms with Gasteiger partial charge in [0.1, 0.15) is 17.9 Å². The van der Waals surface area contributed by atoms with Crippen LogP contribution in [0.2, 0.25) is 0 Å². The van der Waals surface area contributed by atoms with Crippen molar-refractivity contribution in [2.75, 3.05) is 32.1 Å². The number of benzene rings is 2. The van der Waals surface area contributed by atoms with Crippen LogP contribution >= 0.6 is 0 Å². The maximum atomic E-state index is 13.3. The molecule has 0 aliphatic heterocycles. The molecule has 36 heavy (non-hydrogen) atoms. The van der Waals surface area contributed by atoms with Crippen LogP contribution < -0.4 is 15.7 Å². The summed E-state index contributed by atoms with van der Waals surface area (Å²) in [4.78, 5) is 24.5. The first kappa shape index (κ1) is 25.2. The molecule has 2 heterocycles. The Hall–Kier alpha value is -3.91. The standard InChI is InChI=1S/C28H34N6O2/c1-6-20(4)21-10-9-11-22(16-21)31-27-23-17-25(26(36-5)18-24(23)29-19-30-27)34-15-14-33(28(34)35)13-12-32(7-2)8-3/h6,9-11,14-20H,1,7-8,12-13H2,2-5H3,(H,29,30,31). The first-order valence-electron chi connectivity index (χ1n) is 12.3. The largest absolute Gasteiger partial charge is 0.494 e. The van der Waals surface area contributed by atoms with Crippen molar-refractivity contribution < 1.29 is 4.74 Å². The molecular weight excluding hydrogens is 452 g/mol. The van der Waals surface area contributed by atoms with Crippen LogP contribution in [0, 0.1) is 0 Å². The summed E-state index contributed by atoms with van der Waals surface area (Å²) in [5, 5.41) is 4.21. The predicted octanol–water partition coefficient (Wildman–Crippen LogP) is 4.97. The number of allylic oxidation sites excluding steroid dienone is 1. The van der Waals surface area contributed by atoms with Crippen LogP contribution in [0.1, 0.15) is 32.3 Å². The predicted molar refractivity (Wildman–Crippen MR) is 146 cm³/mol. The highest BCUT2D eigenvalue weighted by Crippen LogP contribution is 2.32. The van der Waals surface area contributed by atoms with Crippen LogP contribution in [0.15, 0.2) is 72.6 Å². The second-order valence-corrected chi connectivity index (χ2v) is 8.71. The Balaban J connectivity index is 1.73. The van der Waals surface area contributed by atoms with E-state index in [2.05, 4.69) is 59.7 Å². The van der Waals surface area contributed by atoms with E-state index >= 15 is 0 Å². The molecule has 188 valence electrons. The summed E-state index contributed by atoms with van der Waals surface area (Å²) < 4.78 is 9.00. The highest BCUT2D eigenvalue weighted by atomic mass is 16.5. The maximum Gasteiger partial charge on any atom is 0.332 e. The van der Waals surface area contributed by atoms with Gasteiger partial charge in [0.2, 0.25) is 0 Å². The Morgan fingerprint density at radius 3 is 2.69 bits per heavy atom. The number of rotatable bonds is 11. The molecule has 0 amide bonds. The minimum absolute atomic E-state index is 0.114. The van der Waals surface area contributed by atoms with Crippen molar-refractivity contribution in [3.63, 3.8) is 0 Å². The number of likely N-dealkylation sites (N-methyl/N-ethyl adjacent to an activating group) is 1. The van der Waals surface area contributed by atoms with E-state index in [1.807, 2.05) is 36.5 Å². The minimum Gasteiger partial charge on any atom is -0.494 e. The van der Waals surface area contributed by atoms with Gasteiger partial charge in [0, 0.05) is 42.6 Å². The monoisotopic (exact) mass is 486 g/mol. The number of aromatic nitrogens is 4. The maximum absolute atomic E-state index is 13.3. The SMILES string of the molecule is C=CC(C)c1cccc(Nc2ncnc3cc(OC)c(-n4ccn(CCN(CC)CC)c4=O)cc23)c1. The molecule has 0 aliphatic carbocycles. The Labute approximate surface area is 211 Å². The van der Waals surface area contributed by atoms with Crippen molar-refractivity contribution in [2.24, 2.45) is 0 Å². The lowest BCUT2D eigenvalue weighted by Crippen LogP contribution is -2.31. The minimum atomic E-state index is -0.114. The van der Waals surface area contributed by atoms with Crippen LogP contribution in [0.5, 0.6) is 5.75 Å². The fourth-order valence-electron chi connectivity index (χ4n) is 4.25. The summed E-state index contributed by atoms with van der Waals surface area (Å²) in [6, 6.07) is 11.9. The Kier molecular flexibility index (Phi) is 7.85. The molecule has 2 aromatic heterocycles. The molecule has 2 aromatic carbocycles. The summed E-state index contributed by atoms with van der Waals surface area (Å²) in [6.07, 6.45) is 7.05. The molecule has 0 radical (unpaired) electrons. The van der Waals surface area contributed by atoms with Crippen molar-refractivity contribution in [1.29, 1.82) is 0 Å². The number of hydrogen-bond donors (Lipinski definition) is 1. The number of nitrogens with zero attached hydrogens (tertiary/aromatic N) is 5. The molecule has 8 nitrogen and oxygen atoms in total. The van der Waals surface area contributed by atoms with Crippen molar-refractivity contribution in [3.05, 3.63) is 83.8 Å². The zero-order valence-corrected chi connectivity index (χ0v) is 21.4. The van der Waals surface area contributed by atoms with Crippen LogP contribution in [0.3, 0.4) is 0 Å². The smallest absolute Gasteiger partial charge is 0.332 e. The van der Waals surface area contributed by atoms with E-state index in [-0.39, 0.29) is 11.6 Å². The fraction of sp³-hybridized carbons (Fsp3) is 0.321. The Morgan fingerprint density at radius 2 is 1.97 bits per heavy atom. The average molecular weight is 487 g/mol. The van der Waals surface area contributed by atoms with E-state index < -0.39 is 0 Å². The molecule has 0 aliphatic rings. The third kappa shape index (κ3) is 5.18. The van der Waals surface area contributed by atoms with Gasteiger partial charge in [-0.25, -0.2) is 14.8 Å². The fourth-order valence-corrected chi connectivity index (χ4v) is 4.25. The Bertz CT molecular complexity index is 1400. The molecule has 0 saturated carbocycles. The number of ether oxygens (including phenoxy) is 1. The van der Waals surface area contributed by atoms with Gasteiger partial charge in [-0.1, -0.05) is 39.0 Å². The van der Waals surface area contributed by atoms with Gasteiger partial charge in [0.15, 0.2) is 0 Å². The molecule has 1 N–H and O–H groups in total. The van der Waals surface area contributed by atoms with Crippen LogP contribution in [-0.4, -0.2) is 50.7 Å². The van der Waals surface area contributed by atoms with Crippen molar-refractivity contribution in [2.45, 2.75) is 33.2 Å². The van der Waals surface area contributed by atoms with E-state index in [9.17, 15) is 4.79 Å². The van der Waals surface area contributed by atoms with Gasteiger partial charge in [-0.15, -0.1) is 6.58 Å². The van der Waals surface area contributed by atoms with Gasteiger partial charge in [-0.3, -0.25) is 9.13 Å². The van der Waals surface area contributed by atoms with E-state index in [4.69, 9.17) is 4.74 Å². The number of hydrogen-bond acceptors (Lipinski definition) is 6. The number of imidazole rings is 1. The lowest BCUT2D eigenvalue weighted by atomic mass is 10.0. The third-order valence-corrected chi connectivity index (χ3v) is 6.62. The molecule has 1 unspecified atom stereocenters. The Morgan fingerprint density at radius 1 is 1.17 bits per heavy atom. The highest BCUT2D eigenvalue weighted by molar-refractivity contribution is 5.93. The summed E-state index contributed by atoms with van der Waals surface area (Å²) in [5.74, 6) is 1.46. The van der Waals surface area contributed by atoms with Crippen LogP contribution in [-0.2, 0) is 6.54 Å². The first-order chi connectivity index (χ1) is 17.5. The number of methoxy groups -OCH3 is 1. The topological polar surface area (TPSA) is 77.2 Å². The quantitative estimate of drug-likeness (QED) is 0.302. The average Bonchev–Trinajstić information content (AvgIpc) is 3.28. The molecular formula is C28H34N6O2. The molecule has 8 heteroatoms. The lowest BCUT2D eigenvalue weighted by molar-refractivity contribution is 0.289. The molecule has 0 spiro atoms. The van der Waals surface area contributed by atoms with Crippen molar-refractivity contribution in [3.8, 4) is 11.4 Å². The van der Waals surface area contributed by atoms with Gasteiger partial charge in [-0.05, 0) is 42.8 Å². The van der Waals surface area contributed by atoms with Gasteiger partial charge in [0.25, 0.3) is 0 Å². The molecule has 4 aromatic rings. The van der Waals surface area contributed by atoms with Crippen molar-refractivity contribution >= 4 is 22.4 Å². The summed E-state index contributed by atoms with van der Waals surface area (Å²) in [6.45, 7) is 13.6. The number of anilines is 2. The first-order valence-corrected chi connectivity index (χ1v) is 12.3. The van der Waals surface area contributed by atoms with Gasteiger partial charge >= 0.3 is 5.69 Å². The van der Waals surface area contributed by atoms with Crippen LogP contribution in [0.4, 0.5) is 11.5 Å². The second-order valence-electron chi connectivity index (χ2n) is 8.71. The summed E-state index contributed by atoms with van der Waals surface area (Å²) in [7, 11) is 1.60. The molecule has 4 rings (SSSR count). The molecule has 0 saturated heterocycles. The summed E-state index contributed by atoms with van der Waals surface area (Å²) >= 11 is 0. The van der Waals surface area contributed by atoms with E-state index in [1.165, 1.54) is 6.33 Å². The highest BCUT2D eigenvalue weighted by Gasteiger charge is 2.15. The van der Waals surface area contributed by atoms with E-state index in [1.54, 1.807) is 22.4 Å². The number of nitrogens with one attached hydrogen (secondary N) is 1. The molecule has 0 bridgehead atoms. The lowest BCUT2D eigenvalue weighted by Gasteiger charge is -2.17. The normalized spacial score (nSPS) is 12.1. The molecule has 1 atom stereocenters. The van der Waals surface area contributed by atoms with Gasteiger partial charge in [-0.2, -0.15) is 0 Å². The summed E-state index contributed by atoms with van der Waals surface area (Å²) in [5.41, 5.74) is 3.32. The van der Waals surface area contributed by atoms with E-state index in [0.717, 1.165) is 41.8 Å². The van der Waals surface area contributed by atoms with Gasteiger partial charge in [0.05, 0.1) is 18.3 Å². The van der Waals surface area contributed by atoms with Crippen LogP contribution in [0.25, 0.3) is 16.6 Å². The zero-order valence-electron chi connectivity index (χ0n) is 21.4.